The van der Waals surface area contributed by atoms with E-state index in [0.717, 1.165) is 25.9 Å². The van der Waals surface area contributed by atoms with Crippen LogP contribution in [0.25, 0.3) is 0 Å². The molecule has 2 aliphatic rings. The van der Waals surface area contributed by atoms with Gasteiger partial charge in [0, 0.05) is 36.9 Å². The van der Waals surface area contributed by atoms with Crippen LogP contribution in [0.2, 0.25) is 0 Å². The number of piperazine rings is 1. The summed E-state index contributed by atoms with van der Waals surface area (Å²) in [6, 6.07) is 11.5. The van der Waals surface area contributed by atoms with Crippen LogP contribution < -0.4 is 4.72 Å². The summed E-state index contributed by atoms with van der Waals surface area (Å²) >= 11 is 0. The standard InChI is InChI=1S/C20H22FN3O3S/c21-16-6-8-17(9-7-16)22-28(26,27)19-5-1-3-15(13-19)20(25)24-12-11-23-10-2-4-18(23)14-24/h1,3,5-9,13,18,22H,2,4,10-12,14H2/t18-/m0/s1. The minimum absolute atomic E-state index is 0.00202. The molecular formula is C20H22FN3O3S. The van der Waals surface area contributed by atoms with Gasteiger partial charge >= 0.3 is 0 Å². The molecule has 8 heteroatoms. The van der Waals surface area contributed by atoms with E-state index in [9.17, 15) is 17.6 Å². The van der Waals surface area contributed by atoms with E-state index in [1.165, 1.54) is 36.4 Å². The van der Waals surface area contributed by atoms with Crippen molar-refractivity contribution < 1.29 is 17.6 Å². The molecule has 0 saturated carbocycles. The zero-order valence-electron chi connectivity index (χ0n) is 15.3. The average molecular weight is 403 g/mol. The van der Waals surface area contributed by atoms with Crippen LogP contribution in [-0.2, 0) is 10.0 Å². The Kier molecular flexibility index (Phi) is 5.07. The second-order valence-corrected chi connectivity index (χ2v) is 8.91. The molecule has 1 amide bonds. The highest BCUT2D eigenvalue weighted by Crippen LogP contribution is 2.23. The Labute approximate surface area is 164 Å². The van der Waals surface area contributed by atoms with E-state index in [1.807, 2.05) is 4.90 Å². The van der Waals surface area contributed by atoms with E-state index < -0.39 is 15.8 Å². The number of nitrogens with zero attached hydrogens (tertiary/aromatic N) is 2. The fraction of sp³-hybridized carbons (Fsp3) is 0.350. The predicted molar refractivity (Wildman–Crippen MR) is 104 cm³/mol. The summed E-state index contributed by atoms with van der Waals surface area (Å²) in [5.74, 6) is -0.594. The van der Waals surface area contributed by atoms with Crippen molar-refractivity contribution in [3.8, 4) is 0 Å². The number of hydrogen-bond acceptors (Lipinski definition) is 4. The van der Waals surface area contributed by atoms with Crippen molar-refractivity contribution >= 4 is 21.6 Å². The van der Waals surface area contributed by atoms with Gasteiger partial charge in [0.25, 0.3) is 15.9 Å². The summed E-state index contributed by atoms with van der Waals surface area (Å²) in [7, 11) is -3.88. The molecule has 0 aliphatic carbocycles. The third-order valence-electron chi connectivity index (χ3n) is 5.36. The van der Waals surface area contributed by atoms with Gasteiger partial charge in [-0.05, 0) is 61.9 Å². The van der Waals surface area contributed by atoms with Crippen molar-refractivity contribution in [2.24, 2.45) is 0 Å². The molecule has 2 aromatic carbocycles. The van der Waals surface area contributed by atoms with Gasteiger partial charge in [0.05, 0.1) is 4.90 Å². The SMILES string of the molecule is O=C(c1cccc(S(=O)(=O)Nc2ccc(F)cc2)c1)N1CCN2CCC[C@H]2C1. The second kappa shape index (κ2) is 7.52. The average Bonchev–Trinajstić information content (AvgIpc) is 3.17. The lowest BCUT2D eigenvalue weighted by Crippen LogP contribution is -2.52. The lowest BCUT2D eigenvalue weighted by Gasteiger charge is -2.37. The highest BCUT2D eigenvalue weighted by atomic mass is 32.2. The minimum Gasteiger partial charge on any atom is -0.336 e. The quantitative estimate of drug-likeness (QED) is 0.852. The first-order chi connectivity index (χ1) is 13.4. The van der Waals surface area contributed by atoms with E-state index in [1.54, 1.807) is 12.1 Å². The molecule has 0 aromatic heterocycles. The molecule has 2 heterocycles. The van der Waals surface area contributed by atoms with Gasteiger partial charge in [-0.25, -0.2) is 12.8 Å². The van der Waals surface area contributed by atoms with Crippen LogP contribution in [0.4, 0.5) is 10.1 Å². The Bertz CT molecular complexity index is 978. The monoisotopic (exact) mass is 403 g/mol. The van der Waals surface area contributed by atoms with Gasteiger partial charge in [-0.2, -0.15) is 0 Å². The predicted octanol–water partition coefficient (Wildman–Crippen LogP) is 2.55. The topological polar surface area (TPSA) is 69.7 Å². The molecule has 2 fully saturated rings. The highest BCUT2D eigenvalue weighted by molar-refractivity contribution is 7.92. The van der Waals surface area contributed by atoms with Gasteiger partial charge in [-0.1, -0.05) is 6.07 Å². The van der Waals surface area contributed by atoms with Crippen LogP contribution in [0.5, 0.6) is 0 Å². The molecule has 0 unspecified atom stereocenters. The van der Waals surface area contributed by atoms with Crippen LogP contribution in [0.3, 0.4) is 0 Å². The molecule has 148 valence electrons. The number of anilines is 1. The number of sulfonamides is 1. The maximum Gasteiger partial charge on any atom is 0.261 e. The largest absolute Gasteiger partial charge is 0.336 e. The number of nitrogens with one attached hydrogen (secondary N) is 1. The third kappa shape index (κ3) is 3.88. The van der Waals surface area contributed by atoms with Crippen molar-refractivity contribution in [3.63, 3.8) is 0 Å². The summed E-state index contributed by atoms with van der Waals surface area (Å²) in [4.78, 5) is 17.1. The van der Waals surface area contributed by atoms with Gasteiger partial charge < -0.3 is 4.90 Å². The van der Waals surface area contributed by atoms with Gasteiger partial charge in [-0.3, -0.25) is 14.4 Å². The van der Waals surface area contributed by atoms with Crippen molar-refractivity contribution in [2.45, 2.75) is 23.8 Å². The fourth-order valence-electron chi connectivity index (χ4n) is 3.89. The van der Waals surface area contributed by atoms with Crippen molar-refractivity contribution in [2.75, 3.05) is 30.9 Å². The van der Waals surface area contributed by atoms with Gasteiger partial charge in [0.15, 0.2) is 0 Å². The Morgan fingerprint density at radius 2 is 1.86 bits per heavy atom. The summed E-state index contributed by atoms with van der Waals surface area (Å²) in [5.41, 5.74) is 0.615. The lowest BCUT2D eigenvalue weighted by atomic mass is 10.1. The molecule has 0 bridgehead atoms. The zero-order valence-corrected chi connectivity index (χ0v) is 16.2. The van der Waals surface area contributed by atoms with Crippen LogP contribution in [-0.4, -0.2) is 56.3 Å². The number of benzene rings is 2. The first kappa shape index (κ1) is 18.9. The van der Waals surface area contributed by atoms with E-state index >= 15 is 0 Å². The normalized spacial score (nSPS) is 20.0. The highest BCUT2D eigenvalue weighted by Gasteiger charge is 2.33. The summed E-state index contributed by atoms with van der Waals surface area (Å²) < 4.78 is 40.7. The van der Waals surface area contributed by atoms with Crippen molar-refractivity contribution in [1.82, 2.24) is 9.80 Å². The maximum atomic E-state index is 13.0. The van der Waals surface area contributed by atoms with Gasteiger partial charge in [0.2, 0.25) is 0 Å². The molecule has 1 N–H and O–H groups in total. The van der Waals surface area contributed by atoms with Gasteiger partial charge in [0.1, 0.15) is 5.82 Å². The number of carbonyl (C=O) groups is 1. The molecule has 1 atom stereocenters. The van der Waals surface area contributed by atoms with E-state index in [0.29, 0.717) is 24.7 Å². The minimum atomic E-state index is -3.88. The first-order valence-electron chi connectivity index (χ1n) is 9.34. The molecule has 4 rings (SSSR count). The smallest absolute Gasteiger partial charge is 0.261 e. The lowest BCUT2D eigenvalue weighted by molar-refractivity contribution is 0.0571. The van der Waals surface area contributed by atoms with E-state index in [-0.39, 0.29) is 16.5 Å². The summed E-state index contributed by atoms with van der Waals surface area (Å²) in [6.45, 7) is 3.29. The molecule has 2 aromatic rings. The van der Waals surface area contributed by atoms with Crippen LogP contribution in [0, 0.1) is 5.82 Å². The Morgan fingerprint density at radius 3 is 2.64 bits per heavy atom. The van der Waals surface area contributed by atoms with Crippen LogP contribution in [0.15, 0.2) is 53.4 Å². The number of hydrogen-bond donors (Lipinski definition) is 1. The first-order valence-corrected chi connectivity index (χ1v) is 10.8. The number of halogens is 1. The Morgan fingerprint density at radius 1 is 1.07 bits per heavy atom. The third-order valence-corrected chi connectivity index (χ3v) is 6.74. The van der Waals surface area contributed by atoms with Crippen molar-refractivity contribution in [1.29, 1.82) is 0 Å². The molecule has 0 radical (unpaired) electrons. The number of rotatable bonds is 4. The molecule has 28 heavy (non-hydrogen) atoms. The van der Waals surface area contributed by atoms with Crippen LogP contribution in [0.1, 0.15) is 23.2 Å². The molecule has 6 nitrogen and oxygen atoms in total. The second-order valence-electron chi connectivity index (χ2n) is 7.22. The van der Waals surface area contributed by atoms with Crippen molar-refractivity contribution in [3.05, 3.63) is 59.9 Å². The van der Waals surface area contributed by atoms with Gasteiger partial charge in [-0.15, -0.1) is 0 Å². The molecule has 2 aliphatic heterocycles. The Balaban J connectivity index is 1.52. The van der Waals surface area contributed by atoms with Crippen LogP contribution >= 0.6 is 0 Å². The number of fused-ring (bicyclic) bond motifs is 1. The molecule has 0 spiro atoms. The number of carbonyl (C=O) groups excluding carboxylic acids is 1. The van der Waals surface area contributed by atoms with E-state index in [4.69, 9.17) is 0 Å². The summed E-state index contributed by atoms with van der Waals surface area (Å²) in [5, 5.41) is 0. The fourth-order valence-corrected chi connectivity index (χ4v) is 4.99. The Hall–Kier alpha value is -2.45. The molecular weight excluding hydrogens is 381 g/mol. The molecule has 2 saturated heterocycles. The number of amides is 1. The van der Waals surface area contributed by atoms with E-state index in [2.05, 4.69) is 9.62 Å². The summed E-state index contributed by atoms with van der Waals surface area (Å²) in [6.07, 6.45) is 2.26. The zero-order chi connectivity index (χ0) is 19.7. The maximum absolute atomic E-state index is 13.0.